The molecule has 0 heterocycles. The number of benzene rings is 1. The van der Waals surface area contributed by atoms with E-state index in [9.17, 15) is 14.4 Å². The fourth-order valence-electron chi connectivity index (χ4n) is 0.653. The molecule has 0 amide bonds. The first kappa shape index (κ1) is 12.2. The molecule has 3 nitrogen and oxygen atoms in total. The second kappa shape index (κ2) is 6.71. The number of Topliss-reactive ketones (excluding diaryl/α,β-unsaturated/α-hetero) is 1. The van der Waals surface area contributed by atoms with Gasteiger partial charge in [-0.3, -0.25) is 9.59 Å². The van der Waals surface area contributed by atoms with Gasteiger partial charge in [0.25, 0.3) is 0 Å². The van der Waals surface area contributed by atoms with Gasteiger partial charge in [-0.1, -0.05) is 24.3 Å². The summed E-state index contributed by atoms with van der Waals surface area (Å²) in [6.45, 7) is 3.06. The van der Waals surface area contributed by atoms with Crippen LogP contribution < -0.4 is 0 Å². The molecular weight excluding hydrogens is 180 g/mol. The first-order valence-electron chi connectivity index (χ1n) is 4.07. The van der Waals surface area contributed by atoms with Crippen molar-refractivity contribution in [3.8, 4) is 0 Å². The minimum Gasteiger partial charge on any atom is -0.300 e. The summed E-state index contributed by atoms with van der Waals surface area (Å²) in [5, 5.41) is 0. The minimum absolute atomic E-state index is 0.167. The van der Waals surface area contributed by atoms with Crippen LogP contribution >= 0.6 is 0 Å². The predicted octanol–water partition coefficient (Wildman–Crippen LogP) is 1.91. The molecule has 3 heteroatoms. The third-order valence-corrected chi connectivity index (χ3v) is 1.21. The molecule has 0 bridgehead atoms. The summed E-state index contributed by atoms with van der Waals surface area (Å²) in [4.78, 5) is 29.7. The molecule has 0 aliphatic heterocycles. The molecule has 0 saturated carbocycles. The van der Waals surface area contributed by atoms with Crippen molar-refractivity contribution in [3.63, 3.8) is 0 Å². The van der Waals surface area contributed by atoms with Crippen molar-refractivity contribution in [1.29, 1.82) is 0 Å². The predicted molar refractivity (Wildman–Crippen MR) is 53.6 cm³/mol. The van der Waals surface area contributed by atoms with E-state index in [1.54, 1.807) is 24.3 Å². The summed E-state index contributed by atoms with van der Waals surface area (Å²) < 4.78 is 0. The lowest BCUT2D eigenvalue weighted by molar-refractivity contribution is -0.114. The maximum atomic E-state index is 10.1. The van der Waals surface area contributed by atoms with Crippen molar-refractivity contribution in [1.82, 2.24) is 0 Å². The Balaban J connectivity index is 0.000000364. The standard InChI is InChI=1S/C8H6O2.C3H6O/c9-5-7-1-2-8(6-10)4-3-7;1-3(2)4/h1-6H;1-2H3. The molecule has 0 atom stereocenters. The highest BCUT2D eigenvalue weighted by atomic mass is 16.1. The summed E-state index contributed by atoms with van der Waals surface area (Å²) in [6.07, 6.45) is 1.49. The van der Waals surface area contributed by atoms with Crippen LogP contribution in [0.5, 0.6) is 0 Å². The van der Waals surface area contributed by atoms with Crippen LogP contribution in [0.3, 0.4) is 0 Å². The summed E-state index contributed by atoms with van der Waals surface area (Å²) in [6, 6.07) is 6.43. The average molecular weight is 192 g/mol. The molecule has 0 N–H and O–H groups in total. The first-order valence-corrected chi connectivity index (χ1v) is 4.07. The van der Waals surface area contributed by atoms with Crippen molar-refractivity contribution in [3.05, 3.63) is 35.4 Å². The molecule has 0 radical (unpaired) electrons. The monoisotopic (exact) mass is 192 g/mol. The van der Waals surface area contributed by atoms with E-state index in [2.05, 4.69) is 0 Å². The lowest BCUT2D eigenvalue weighted by atomic mass is 10.2. The molecule has 0 aliphatic carbocycles. The number of hydrogen-bond donors (Lipinski definition) is 0. The van der Waals surface area contributed by atoms with E-state index in [4.69, 9.17) is 0 Å². The molecule has 0 aliphatic rings. The number of aldehydes is 2. The Kier molecular flexibility index (Phi) is 5.87. The van der Waals surface area contributed by atoms with Crippen molar-refractivity contribution >= 4 is 18.4 Å². The van der Waals surface area contributed by atoms with Gasteiger partial charge in [0.15, 0.2) is 0 Å². The van der Waals surface area contributed by atoms with E-state index in [1.807, 2.05) is 0 Å². The van der Waals surface area contributed by atoms with Crippen LogP contribution in [0.15, 0.2) is 24.3 Å². The maximum Gasteiger partial charge on any atom is 0.150 e. The van der Waals surface area contributed by atoms with Crippen molar-refractivity contribution < 1.29 is 14.4 Å². The second-order valence-electron chi connectivity index (χ2n) is 2.81. The van der Waals surface area contributed by atoms with Crippen molar-refractivity contribution in [2.24, 2.45) is 0 Å². The van der Waals surface area contributed by atoms with E-state index in [0.717, 1.165) is 12.6 Å². The fraction of sp³-hybridized carbons (Fsp3) is 0.182. The molecule has 0 aromatic heterocycles. The van der Waals surface area contributed by atoms with Crippen LogP contribution in [0.1, 0.15) is 34.6 Å². The Bertz CT molecular complexity index is 281. The van der Waals surface area contributed by atoms with Gasteiger partial charge in [0.1, 0.15) is 18.4 Å². The van der Waals surface area contributed by atoms with E-state index >= 15 is 0 Å². The zero-order chi connectivity index (χ0) is 11.0. The van der Waals surface area contributed by atoms with Gasteiger partial charge in [-0.15, -0.1) is 0 Å². The lowest BCUT2D eigenvalue weighted by Gasteiger charge is -1.88. The van der Waals surface area contributed by atoms with Gasteiger partial charge < -0.3 is 4.79 Å². The van der Waals surface area contributed by atoms with Crippen LogP contribution in [0, 0.1) is 0 Å². The fourth-order valence-corrected chi connectivity index (χ4v) is 0.653. The largest absolute Gasteiger partial charge is 0.300 e. The third-order valence-electron chi connectivity index (χ3n) is 1.21. The number of carbonyl (C=O) groups excluding carboxylic acids is 3. The Morgan fingerprint density at radius 1 is 0.929 bits per heavy atom. The highest BCUT2D eigenvalue weighted by molar-refractivity contribution is 5.79. The molecular formula is C11H12O3. The van der Waals surface area contributed by atoms with Crippen molar-refractivity contribution in [2.75, 3.05) is 0 Å². The quantitative estimate of drug-likeness (QED) is 0.672. The molecule has 1 aromatic carbocycles. The van der Waals surface area contributed by atoms with E-state index < -0.39 is 0 Å². The molecule has 1 aromatic rings. The summed E-state index contributed by atoms with van der Waals surface area (Å²) in [7, 11) is 0. The van der Waals surface area contributed by atoms with E-state index in [1.165, 1.54) is 13.8 Å². The van der Waals surface area contributed by atoms with Crippen molar-refractivity contribution in [2.45, 2.75) is 13.8 Å². The highest BCUT2D eigenvalue weighted by Crippen LogP contribution is 1.98. The molecule has 1 rings (SSSR count). The summed E-state index contributed by atoms with van der Waals surface area (Å²) in [5.74, 6) is 0.167. The highest BCUT2D eigenvalue weighted by Gasteiger charge is 1.88. The van der Waals surface area contributed by atoms with Crippen LogP contribution in [-0.2, 0) is 4.79 Å². The van der Waals surface area contributed by atoms with E-state index in [-0.39, 0.29) is 5.78 Å². The van der Waals surface area contributed by atoms with Gasteiger partial charge in [0.2, 0.25) is 0 Å². The van der Waals surface area contributed by atoms with Crippen LogP contribution in [-0.4, -0.2) is 18.4 Å². The SMILES string of the molecule is CC(C)=O.O=Cc1ccc(C=O)cc1. The Hall–Kier alpha value is -1.77. The Morgan fingerprint density at radius 2 is 1.14 bits per heavy atom. The zero-order valence-electron chi connectivity index (χ0n) is 8.19. The number of hydrogen-bond acceptors (Lipinski definition) is 3. The van der Waals surface area contributed by atoms with Gasteiger partial charge in [-0.2, -0.15) is 0 Å². The number of carbonyl (C=O) groups is 3. The molecule has 14 heavy (non-hydrogen) atoms. The third kappa shape index (κ3) is 5.83. The minimum atomic E-state index is 0.167. The Labute approximate surface area is 82.7 Å². The molecule has 0 fully saturated rings. The van der Waals surface area contributed by atoms with Crippen LogP contribution in [0.4, 0.5) is 0 Å². The molecule has 0 saturated heterocycles. The normalized spacial score (nSPS) is 8.14. The molecule has 0 spiro atoms. The van der Waals surface area contributed by atoms with Crippen LogP contribution in [0.25, 0.3) is 0 Å². The van der Waals surface area contributed by atoms with Gasteiger partial charge in [0, 0.05) is 11.1 Å². The van der Waals surface area contributed by atoms with Gasteiger partial charge in [-0.05, 0) is 13.8 Å². The van der Waals surface area contributed by atoms with E-state index in [0.29, 0.717) is 11.1 Å². The smallest absolute Gasteiger partial charge is 0.150 e. The van der Waals surface area contributed by atoms with Gasteiger partial charge in [-0.25, -0.2) is 0 Å². The Morgan fingerprint density at radius 3 is 1.29 bits per heavy atom. The molecule has 0 unspecified atom stereocenters. The van der Waals surface area contributed by atoms with Gasteiger partial charge in [0.05, 0.1) is 0 Å². The number of rotatable bonds is 2. The molecule has 74 valence electrons. The zero-order valence-corrected chi connectivity index (χ0v) is 8.19. The summed E-state index contributed by atoms with van der Waals surface area (Å²) in [5.41, 5.74) is 1.18. The maximum absolute atomic E-state index is 10.1. The lowest BCUT2D eigenvalue weighted by Crippen LogP contribution is -1.81. The van der Waals surface area contributed by atoms with Gasteiger partial charge >= 0.3 is 0 Å². The average Bonchev–Trinajstić information content (AvgIpc) is 2.17. The topological polar surface area (TPSA) is 51.2 Å². The first-order chi connectivity index (χ1) is 6.60. The summed E-state index contributed by atoms with van der Waals surface area (Å²) >= 11 is 0. The van der Waals surface area contributed by atoms with Crippen LogP contribution in [0.2, 0.25) is 0 Å². The second-order valence-corrected chi connectivity index (χ2v) is 2.81. The number of ketones is 1.